The second-order valence-corrected chi connectivity index (χ2v) is 6.61. The fraction of sp³-hybridized carbons (Fsp3) is 0.867. The lowest BCUT2D eigenvalue weighted by Crippen LogP contribution is -2.23. The number of hydrogen-bond donors (Lipinski definition) is 1. The molecule has 2 saturated carbocycles. The summed E-state index contributed by atoms with van der Waals surface area (Å²) < 4.78 is 0. The van der Waals surface area contributed by atoms with Crippen LogP contribution < -0.4 is 0 Å². The second kappa shape index (κ2) is 3.87. The van der Waals surface area contributed by atoms with E-state index in [1.165, 1.54) is 31.3 Å². The molecule has 0 aliphatic heterocycles. The topological polar surface area (TPSA) is 20.2 Å². The van der Waals surface area contributed by atoms with Crippen LogP contribution in [0.4, 0.5) is 0 Å². The first-order valence-corrected chi connectivity index (χ1v) is 6.74. The fourth-order valence-corrected chi connectivity index (χ4v) is 3.80. The molecule has 1 nitrogen and oxygen atoms in total. The Balaban J connectivity index is 1.88. The molecule has 16 heavy (non-hydrogen) atoms. The molecule has 1 heteroatoms. The summed E-state index contributed by atoms with van der Waals surface area (Å²) >= 11 is 0. The average molecular weight is 222 g/mol. The fourth-order valence-electron chi connectivity index (χ4n) is 3.80. The van der Waals surface area contributed by atoms with Gasteiger partial charge in [0, 0.05) is 0 Å². The van der Waals surface area contributed by atoms with Gasteiger partial charge < -0.3 is 5.11 Å². The molecule has 0 aromatic heterocycles. The molecule has 0 spiro atoms. The molecule has 92 valence electrons. The first kappa shape index (κ1) is 12.2. The quantitative estimate of drug-likeness (QED) is 0.715. The first-order valence-electron chi connectivity index (χ1n) is 6.74. The van der Waals surface area contributed by atoms with E-state index in [4.69, 9.17) is 0 Å². The van der Waals surface area contributed by atoms with E-state index in [9.17, 15) is 5.11 Å². The Hall–Kier alpha value is -0.300. The third-order valence-electron chi connectivity index (χ3n) is 5.10. The highest BCUT2D eigenvalue weighted by atomic mass is 16.3. The van der Waals surface area contributed by atoms with Crippen LogP contribution in [0, 0.1) is 17.3 Å². The summed E-state index contributed by atoms with van der Waals surface area (Å²) in [4.78, 5) is 0. The van der Waals surface area contributed by atoms with Crippen molar-refractivity contribution in [3.8, 4) is 0 Å². The predicted octanol–water partition coefficient (Wildman–Crippen LogP) is 3.92. The van der Waals surface area contributed by atoms with Crippen LogP contribution in [0.2, 0.25) is 0 Å². The lowest BCUT2D eigenvalue weighted by atomic mass is 9.84. The molecule has 2 aliphatic carbocycles. The van der Waals surface area contributed by atoms with Crippen molar-refractivity contribution in [3.05, 3.63) is 11.6 Å². The van der Waals surface area contributed by atoms with Crippen molar-refractivity contribution in [2.24, 2.45) is 17.3 Å². The van der Waals surface area contributed by atoms with Crippen LogP contribution in [0.3, 0.4) is 0 Å². The minimum atomic E-state index is -0.356. The van der Waals surface area contributed by atoms with Gasteiger partial charge >= 0.3 is 0 Å². The van der Waals surface area contributed by atoms with Gasteiger partial charge in [0.05, 0.1) is 5.60 Å². The molecule has 0 unspecified atom stereocenters. The lowest BCUT2D eigenvalue weighted by molar-refractivity contribution is 0.0423. The van der Waals surface area contributed by atoms with Crippen LogP contribution in [0.15, 0.2) is 11.6 Å². The van der Waals surface area contributed by atoms with E-state index in [1.54, 1.807) is 0 Å². The molecule has 0 saturated heterocycles. The highest BCUT2D eigenvalue weighted by molar-refractivity contribution is 5.17. The molecule has 2 rings (SSSR count). The zero-order valence-electron chi connectivity index (χ0n) is 11.2. The number of fused-ring (bicyclic) bond motifs is 1. The van der Waals surface area contributed by atoms with Gasteiger partial charge in [-0.15, -0.1) is 0 Å². The highest BCUT2D eigenvalue weighted by Crippen LogP contribution is 2.71. The molecule has 0 heterocycles. The van der Waals surface area contributed by atoms with Crippen LogP contribution in [0.1, 0.15) is 59.8 Å². The highest BCUT2D eigenvalue weighted by Gasteiger charge is 2.67. The van der Waals surface area contributed by atoms with Crippen molar-refractivity contribution in [1.82, 2.24) is 0 Å². The largest absolute Gasteiger partial charge is 0.390 e. The summed E-state index contributed by atoms with van der Waals surface area (Å²) in [6.45, 7) is 8.77. The van der Waals surface area contributed by atoms with E-state index in [0.29, 0.717) is 11.3 Å². The monoisotopic (exact) mass is 222 g/mol. The molecular weight excluding hydrogens is 196 g/mol. The molecule has 0 amide bonds. The normalized spacial score (nSPS) is 42.7. The number of allylic oxidation sites excluding steroid dienone is 2. The van der Waals surface area contributed by atoms with Crippen LogP contribution in [0.5, 0.6) is 0 Å². The van der Waals surface area contributed by atoms with E-state index in [0.717, 1.165) is 12.3 Å². The summed E-state index contributed by atoms with van der Waals surface area (Å²) in [7, 11) is 0. The van der Waals surface area contributed by atoms with E-state index < -0.39 is 0 Å². The van der Waals surface area contributed by atoms with Gasteiger partial charge in [0.1, 0.15) is 0 Å². The molecule has 2 fully saturated rings. The summed E-state index contributed by atoms with van der Waals surface area (Å²) in [5.41, 5.74) is 1.58. The molecule has 0 aromatic carbocycles. The molecular formula is C15H26O. The second-order valence-electron chi connectivity index (χ2n) is 6.61. The maximum atomic E-state index is 10.2. The maximum absolute atomic E-state index is 10.2. The third-order valence-corrected chi connectivity index (χ3v) is 5.10. The molecule has 0 bridgehead atoms. The Kier molecular flexibility index (Phi) is 2.94. The van der Waals surface area contributed by atoms with Gasteiger partial charge in [-0.2, -0.15) is 0 Å². The molecule has 0 radical (unpaired) electrons. The maximum Gasteiger partial charge on any atom is 0.0653 e. The zero-order chi connectivity index (χ0) is 12.0. The minimum Gasteiger partial charge on any atom is -0.390 e. The lowest BCUT2D eigenvalue weighted by Gasteiger charge is -2.21. The van der Waals surface area contributed by atoms with E-state index in [2.05, 4.69) is 26.8 Å². The standard InChI is InChI=1S/C15H26O/c1-11(2)6-5-7-12(3)15-9-8-14(4,16)13(15)10-15/h6,12-13,16H,5,7-10H2,1-4H3/t12-,13-,14-,15-/m0/s1. The Morgan fingerprint density at radius 2 is 2.12 bits per heavy atom. The minimum absolute atomic E-state index is 0.356. The van der Waals surface area contributed by atoms with Gasteiger partial charge in [0.25, 0.3) is 0 Å². The summed E-state index contributed by atoms with van der Waals surface area (Å²) in [5, 5.41) is 10.2. The van der Waals surface area contributed by atoms with Crippen molar-refractivity contribution in [3.63, 3.8) is 0 Å². The van der Waals surface area contributed by atoms with Crippen molar-refractivity contribution < 1.29 is 5.11 Å². The van der Waals surface area contributed by atoms with Gasteiger partial charge in [-0.25, -0.2) is 0 Å². The summed E-state index contributed by atoms with van der Waals surface area (Å²) in [6.07, 6.45) is 8.39. The Morgan fingerprint density at radius 1 is 1.44 bits per heavy atom. The van der Waals surface area contributed by atoms with Crippen LogP contribution in [0.25, 0.3) is 0 Å². The van der Waals surface area contributed by atoms with Gasteiger partial charge in [-0.3, -0.25) is 0 Å². The van der Waals surface area contributed by atoms with Gasteiger partial charge in [-0.1, -0.05) is 18.6 Å². The average Bonchev–Trinajstić information content (AvgIpc) is 2.85. The molecule has 0 aromatic rings. The smallest absolute Gasteiger partial charge is 0.0653 e. The van der Waals surface area contributed by atoms with E-state index >= 15 is 0 Å². The van der Waals surface area contributed by atoms with Crippen molar-refractivity contribution in [1.29, 1.82) is 0 Å². The van der Waals surface area contributed by atoms with Gasteiger partial charge in [-0.05, 0) is 70.1 Å². The predicted molar refractivity (Wildman–Crippen MR) is 68.2 cm³/mol. The third kappa shape index (κ3) is 1.95. The number of hydrogen-bond acceptors (Lipinski definition) is 1. The van der Waals surface area contributed by atoms with Crippen LogP contribution in [-0.2, 0) is 0 Å². The zero-order valence-corrected chi connectivity index (χ0v) is 11.2. The Labute approximate surface area is 99.9 Å². The Morgan fingerprint density at radius 3 is 2.56 bits per heavy atom. The van der Waals surface area contributed by atoms with Crippen molar-refractivity contribution >= 4 is 0 Å². The van der Waals surface area contributed by atoms with Crippen molar-refractivity contribution in [2.45, 2.75) is 65.4 Å². The number of aliphatic hydroxyl groups is 1. The van der Waals surface area contributed by atoms with Crippen LogP contribution >= 0.6 is 0 Å². The van der Waals surface area contributed by atoms with Gasteiger partial charge in [0.15, 0.2) is 0 Å². The molecule has 1 N–H and O–H groups in total. The summed E-state index contributed by atoms with van der Waals surface area (Å²) in [5.74, 6) is 1.38. The van der Waals surface area contributed by atoms with Gasteiger partial charge in [0.2, 0.25) is 0 Å². The van der Waals surface area contributed by atoms with Crippen LogP contribution in [-0.4, -0.2) is 10.7 Å². The summed E-state index contributed by atoms with van der Waals surface area (Å²) in [6, 6.07) is 0. The number of rotatable bonds is 4. The Bertz CT molecular complexity index is 299. The van der Waals surface area contributed by atoms with E-state index in [1.807, 2.05) is 6.92 Å². The molecule has 4 atom stereocenters. The van der Waals surface area contributed by atoms with Crippen molar-refractivity contribution in [2.75, 3.05) is 0 Å². The SMILES string of the molecule is CC(C)=CCC[C@H](C)[C@@]12CC[C@](C)(O)[C@@H]1C2. The molecule has 2 aliphatic rings. The first-order chi connectivity index (χ1) is 7.38. The van der Waals surface area contributed by atoms with E-state index in [-0.39, 0.29) is 5.60 Å².